The van der Waals surface area contributed by atoms with Gasteiger partial charge >= 0.3 is 0 Å². The van der Waals surface area contributed by atoms with Gasteiger partial charge < -0.3 is 10.2 Å². The van der Waals surface area contributed by atoms with Crippen molar-refractivity contribution in [2.24, 2.45) is 0 Å². The zero-order valence-corrected chi connectivity index (χ0v) is 14.3. The lowest BCUT2D eigenvalue weighted by Gasteiger charge is -2.33. The highest BCUT2D eigenvalue weighted by molar-refractivity contribution is 5.76. The number of nitrogens with zero attached hydrogens (tertiary/aromatic N) is 5. The van der Waals surface area contributed by atoms with Crippen molar-refractivity contribution in [1.29, 1.82) is 0 Å². The van der Waals surface area contributed by atoms with Crippen LogP contribution in [0.3, 0.4) is 0 Å². The third-order valence-electron chi connectivity index (χ3n) is 4.33. The number of amides is 1. The number of likely N-dealkylation sites (tertiary alicyclic amines) is 1. The van der Waals surface area contributed by atoms with Crippen molar-refractivity contribution in [2.75, 3.05) is 25.0 Å². The minimum atomic E-state index is 0.171. The molecule has 2 aromatic heterocycles. The van der Waals surface area contributed by atoms with Gasteiger partial charge in [-0.25, -0.2) is 9.97 Å². The number of piperidine rings is 1. The van der Waals surface area contributed by atoms with Gasteiger partial charge in [0.2, 0.25) is 11.9 Å². The Morgan fingerprint density at radius 3 is 2.83 bits per heavy atom. The smallest absolute Gasteiger partial charge is 0.224 e. The van der Waals surface area contributed by atoms with E-state index < -0.39 is 0 Å². The Balaban J connectivity index is 1.52. The molecule has 0 radical (unpaired) electrons. The standard InChI is InChI=1S/C17H24N6O/c1-13-11-14(2)23(21-13)15-5-3-10-22(12-15)16(24)6-9-20-17-18-7-4-8-19-17/h4,7-8,11,15H,3,5-6,9-10,12H2,1-2H3,(H,18,19,20). The van der Waals surface area contributed by atoms with E-state index in [0.717, 1.165) is 37.3 Å². The summed E-state index contributed by atoms with van der Waals surface area (Å²) < 4.78 is 2.07. The highest BCUT2D eigenvalue weighted by Gasteiger charge is 2.25. The molecule has 1 saturated heterocycles. The van der Waals surface area contributed by atoms with Crippen LogP contribution in [0.25, 0.3) is 0 Å². The molecule has 1 fully saturated rings. The minimum Gasteiger partial charge on any atom is -0.354 e. The molecule has 1 atom stereocenters. The SMILES string of the molecule is Cc1cc(C)n(C2CCCN(C(=O)CCNc3ncccn3)C2)n1. The van der Waals surface area contributed by atoms with Gasteiger partial charge in [-0.1, -0.05) is 0 Å². The van der Waals surface area contributed by atoms with E-state index in [2.05, 4.69) is 38.1 Å². The molecule has 0 bridgehead atoms. The van der Waals surface area contributed by atoms with E-state index in [0.29, 0.717) is 18.9 Å². The van der Waals surface area contributed by atoms with Gasteiger partial charge in [0, 0.05) is 44.1 Å². The molecule has 24 heavy (non-hydrogen) atoms. The quantitative estimate of drug-likeness (QED) is 0.908. The van der Waals surface area contributed by atoms with Gasteiger partial charge in [0.25, 0.3) is 0 Å². The predicted octanol–water partition coefficient (Wildman–Crippen LogP) is 1.96. The summed E-state index contributed by atoms with van der Waals surface area (Å²) in [5.41, 5.74) is 2.19. The monoisotopic (exact) mass is 328 g/mol. The average molecular weight is 328 g/mol. The number of hydrogen-bond acceptors (Lipinski definition) is 5. The van der Waals surface area contributed by atoms with Crippen molar-refractivity contribution >= 4 is 11.9 Å². The summed E-state index contributed by atoms with van der Waals surface area (Å²) in [6.45, 7) is 6.19. The maximum atomic E-state index is 12.5. The first kappa shape index (κ1) is 16.4. The number of carbonyl (C=O) groups is 1. The summed E-state index contributed by atoms with van der Waals surface area (Å²) in [4.78, 5) is 22.6. The van der Waals surface area contributed by atoms with E-state index in [1.807, 2.05) is 11.8 Å². The maximum absolute atomic E-state index is 12.5. The highest BCUT2D eigenvalue weighted by atomic mass is 16.2. The second-order valence-electron chi connectivity index (χ2n) is 6.26. The van der Waals surface area contributed by atoms with E-state index in [1.54, 1.807) is 18.5 Å². The van der Waals surface area contributed by atoms with E-state index in [1.165, 1.54) is 0 Å². The second-order valence-corrected chi connectivity index (χ2v) is 6.26. The Hall–Kier alpha value is -2.44. The fourth-order valence-electron chi connectivity index (χ4n) is 3.23. The number of rotatable bonds is 5. The van der Waals surface area contributed by atoms with Gasteiger partial charge in [-0.2, -0.15) is 5.10 Å². The van der Waals surface area contributed by atoms with Crippen LogP contribution < -0.4 is 5.32 Å². The van der Waals surface area contributed by atoms with Crippen molar-refractivity contribution in [3.63, 3.8) is 0 Å². The average Bonchev–Trinajstić information content (AvgIpc) is 2.94. The number of carbonyl (C=O) groups excluding carboxylic acids is 1. The van der Waals surface area contributed by atoms with Crippen LogP contribution in [0, 0.1) is 13.8 Å². The van der Waals surface area contributed by atoms with Gasteiger partial charge in [0.1, 0.15) is 0 Å². The Labute approximate surface area is 142 Å². The molecular formula is C17H24N6O. The zero-order valence-electron chi connectivity index (χ0n) is 14.3. The number of anilines is 1. The maximum Gasteiger partial charge on any atom is 0.224 e. The molecule has 7 heteroatoms. The van der Waals surface area contributed by atoms with Gasteiger partial charge in [-0.05, 0) is 38.8 Å². The summed E-state index contributed by atoms with van der Waals surface area (Å²) in [6, 6.07) is 4.13. The van der Waals surface area contributed by atoms with E-state index in [4.69, 9.17) is 0 Å². The largest absolute Gasteiger partial charge is 0.354 e. The number of aryl methyl sites for hydroxylation is 2. The van der Waals surface area contributed by atoms with Crippen LogP contribution in [-0.2, 0) is 4.79 Å². The van der Waals surface area contributed by atoms with Crippen molar-refractivity contribution in [3.8, 4) is 0 Å². The first-order chi connectivity index (χ1) is 11.6. The van der Waals surface area contributed by atoms with Crippen LogP contribution in [0.2, 0.25) is 0 Å². The molecule has 1 amide bonds. The predicted molar refractivity (Wildman–Crippen MR) is 91.7 cm³/mol. The minimum absolute atomic E-state index is 0.171. The van der Waals surface area contributed by atoms with Crippen molar-refractivity contribution < 1.29 is 4.79 Å². The fourth-order valence-corrected chi connectivity index (χ4v) is 3.23. The van der Waals surface area contributed by atoms with Crippen LogP contribution in [-0.4, -0.2) is 50.2 Å². The molecule has 3 heterocycles. The topological polar surface area (TPSA) is 75.9 Å². The lowest BCUT2D eigenvalue weighted by molar-refractivity contribution is -0.132. The summed E-state index contributed by atoms with van der Waals surface area (Å²) in [6.07, 6.45) is 5.90. The molecule has 1 aliphatic heterocycles. The normalized spacial score (nSPS) is 17.8. The molecule has 2 aromatic rings. The summed E-state index contributed by atoms with van der Waals surface area (Å²) >= 11 is 0. The summed E-state index contributed by atoms with van der Waals surface area (Å²) in [5.74, 6) is 0.731. The Morgan fingerprint density at radius 2 is 2.12 bits per heavy atom. The molecule has 1 unspecified atom stereocenters. The molecule has 128 valence electrons. The van der Waals surface area contributed by atoms with Gasteiger partial charge in [-0.15, -0.1) is 0 Å². The van der Waals surface area contributed by atoms with Crippen LogP contribution in [0.4, 0.5) is 5.95 Å². The lowest BCUT2D eigenvalue weighted by Crippen LogP contribution is -2.41. The molecule has 1 N–H and O–H groups in total. The molecule has 0 aromatic carbocycles. The molecule has 0 saturated carbocycles. The van der Waals surface area contributed by atoms with Crippen molar-refractivity contribution in [3.05, 3.63) is 35.9 Å². The first-order valence-electron chi connectivity index (χ1n) is 8.45. The van der Waals surface area contributed by atoms with Gasteiger partial charge in [-0.3, -0.25) is 9.48 Å². The van der Waals surface area contributed by atoms with Crippen LogP contribution >= 0.6 is 0 Å². The second kappa shape index (κ2) is 7.42. The molecule has 0 aliphatic carbocycles. The number of nitrogens with one attached hydrogen (secondary N) is 1. The van der Waals surface area contributed by atoms with Crippen LogP contribution in [0.5, 0.6) is 0 Å². The van der Waals surface area contributed by atoms with E-state index in [9.17, 15) is 4.79 Å². The summed E-state index contributed by atoms with van der Waals surface area (Å²) in [7, 11) is 0. The van der Waals surface area contributed by atoms with Crippen molar-refractivity contribution in [2.45, 2.75) is 39.2 Å². The summed E-state index contributed by atoms with van der Waals surface area (Å²) in [5, 5.41) is 7.66. The Morgan fingerprint density at radius 1 is 1.33 bits per heavy atom. The van der Waals surface area contributed by atoms with Gasteiger partial charge in [0.05, 0.1) is 11.7 Å². The number of hydrogen-bond donors (Lipinski definition) is 1. The highest BCUT2D eigenvalue weighted by Crippen LogP contribution is 2.23. The van der Waals surface area contributed by atoms with Gasteiger partial charge in [0.15, 0.2) is 0 Å². The van der Waals surface area contributed by atoms with Crippen molar-refractivity contribution in [1.82, 2.24) is 24.6 Å². The van der Waals surface area contributed by atoms with E-state index in [-0.39, 0.29) is 11.9 Å². The molecule has 1 aliphatic rings. The third kappa shape index (κ3) is 3.90. The molecule has 0 spiro atoms. The van der Waals surface area contributed by atoms with Crippen LogP contribution in [0.15, 0.2) is 24.5 Å². The Bertz CT molecular complexity index is 684. The fraction of sp³-hybridized carbons (Fsp3) is 0.529. The number of aromatic nitrogens is 4. The molecule has 7 nitrogen and oxygen atoms in total. The molecule has 3 rings (SSSR count). The van der Waals surface area contributed by atoms with Crippen LogP contribution in [0.1, 0.15) is 36.7 Å². The first-order valence-corrected chi connectivity index (χ1v) is 8.45. The third-order valence-corrected chi connectivity index (χ3v) is 4.33. The lowest BCUT2D eigenvalue weighted by atomic mass is 10.1. The Kier molecular flexibility index (Phi) is 5.08. The zero-order chi connectivity index (χ0) is 16.9. The van der Waals surface area contributed by atoms with E-state index >= 15 is 0 Å². The molecular weight excluding hydrogens is 304 g/mol.